The molecule has 2 aliphatic rings. The Bertz CT molecular complexity index is 1700. The summed E-state index contributed by atoms with van der Waals surface area (Å²) in [5.41, 5.74) is 2.20. The molecule has 0 N–H and O–H groups in total. The molecule has 1 saturated carbocycles. The predicted molar refractivity (Wildman–Crippen MR) is 156 cm³/mol. The second-order valence-electron chi connectivity index (χ2n) is 10.4. The van der Waals surface area contributed by atoms with Gasteiger partial charge in [-0.3, -0.25) is 4.79 Å². The zero-order valence-electron chi connectivity index (χ0n) is 22.2. The summed E-state index contributed by atoms with van der Waals surface area (Å²) in [6.07, 6.45) is 4.57. The fraction of sp³-hybridized carbons (Fsp3) is 0.290. The Morgan fingerprint density at radius 1 is 1.10 bits per heavy atom. The molecule has 9 heteroatoms. The number of carbonyl (C=O) groups is 1. The van der Waals surface area contributed by atoms with Crippen molar-refractivity contribution in [3.8, 4) is 16.9 Å². The molecule has 0 unspecified atom stereocenters. The van der Waals surface area contributed by atoms with E-state index in [-0.39, 0.29) is 28.2 Å². The standard InChI is InChI=1S/C31H29ClFN5O2/c1-3-27(39)36-15-16-37(19(2)18-36)29-23-17-24(32)28(22-12-4-6-13-25(22)33)34-30(23)38(31(40)35-29)26-14-7-5-11-21(26)20-9-8-10-20/h3-7,11-14,17,19-20H,1,8-10,15-16,18H2,2H3/t19-/m0/s1. The summed E-state index contributed by atoms with van der Waals surface area (Å²) in [6.45, 7) is 6.96. The molecular weight excluding hydrogens is 529 g/mol. The van der Waals surface area contributed by atoms with E-state index in [9.17, 15) is 14.0 Å². The van der Waals surface area contributed by atoms with E-state index < -0.39 is 11.5 Å². The first-order valence-electron chi connectivity index (χ1n) is 13.5. The summed E-state index contributed by atoms with van der Waals surface area (Å²) in [5.74, 6) is 0.217. The van der Waals surface area contributed by atoms with E-state index in [0.29, 0.717) is 42.4 Å². The van der Waals surface area contributed by atoms with Gasteiger partial charge in [0.25, 0.3) is 0 Å². The molecule has 1 amide bonds. The lowest BCUT2D eigenvalue weighted by Crippen LogP contribution is -2.54. The van der Waals surface area contributed by atoms with Crippen LogP contribution in [0.1, 0.15) is 37.7 Å². The average molecular weight is 558 g/mol. The lowest BCUT2D eigenvalue weighted by Gasteiger charge is -2.40. The SMILES string of the molecule is C=CC(=O)N1CCN(c2nc(=O)n(-c3ccccc3C3CCC3)c3nc(-c4ccccc4F)c(Cl)cc23)[C@@H](C)C1. The molecule has 40 heavy (non-hydrogen) atoms. The van der Waals surface area contributed by atoms with Crippen molar-refractivity contribution in [2.75, 3.05) is 24.5 Å². The quantitative estimate of drug-likeness (QED) is 0.293. The number of benzene rings is 2. The molecule has 1 aliphatic carbocycles. The molecule has 6 rings (SSSR count). The number of nitrogens with zero attached hydrogens (tertiary/aromatic N) is 5. The van der Waals surface area contributed by atoms with Crippen molar-refractivity contribution in [3.05, 3.63) is 94.1 Å². The number of para-hydroxylation sites is 1. The van der Waals surface area contributed by atoms with Gasteiger partial charge in [-0.05, 0) is 61.6 Å². The highest BCUT2D eigenvalue weighted by atomic mass is 35.5. The van der Waals surface area contributed by atoms with Crippen LogP contribution in [0.2, 0.25) is 5.02 Å². The van der Waals surface area contributed by atoms with E-state index >= 15 is 0 Å². The smallest absolute Gasteiger partial charge is 0.350 e. The van der Waals surface area contributed by atoms with Crippen LogP contribution in [0.3, 0.4) is 0 Å². The number of fused-ring (bicyclic) bond motifs is 1. The number of anilines is 1. The second-order valence-corrected chi connectivity index (χ2v) is 10.8. The fourth-order valence-corrected chi connectivity index (χ4v) is 5.99. The van der Waals surface area contributed by atoms with Gasteiger partial charge in [-0.15, -0.1) is 0 Å². The number of hydrogen-bond acceptors (Lipinski definition) is 5. The molecule has 2 fully saturated rings. The summed E-state index contributed by atoms with van der Waals surface area (Å²) in [6, 6.07) is 15.8. The molecule has 0 radical (unpaired) electrons. The fourth-order valence-electron chi connectivity index (χ4n) is 5.74. The highest BCUT2D eigenvalue weighted by Gasteiger charge is 2.31. The largest absolute Gasteiger partial charge is 0.355 e. The van der Waals surface area contributed by atoms with Gasteiger partial charge >= 0.3 is 5.69 Å². The van der Waals surface area contributed by atoms with E-state index in [4.69, 9.17) is 16.6 Å². The number of hydrogen-bond donors (Lipinski definition) is 0. The van der Waals surface area contributed by atoms with Crippen LogP contribution in [0.5, 0.6) is 0 Å². The molecule has 0 bridgehead atoms. The van der Waals surface area contributed by atoms with Crippen molar-refractivity contribution in [1.29, 1.82) is 0 Å². The summed E-state index contributed by atoms with van der Waals surface area (Å²) in [5, 5.41) is 0.842. The molecule has 2 aromatic carbocycles. The van der Waals surface area contributed by atoms with E-state index in [2.05, 4.69) is 17.6 Å². The Balaban J connectivity index is 1.59. The van der Waals surface area contributed by atoms with E-state index in [1.165, 1.54) is 16.7 Å². The highest BCUT2D eigenvalue weighted by Crippen LogP contribution is 2.40. The number of pyridine rings is 1. The van der Waals surface area contributed by atoms with Gasteiger partial charge < -0.3 is 9.80 Å². The van der Waals surface area contributed by atoms with Crippen molar-refractivity contribution in [2.24, 2.45) is 0 Å². The molecular formula is C31H29ClFN5O2. The van der Waals surface area contributed by atoms with Crippen LogP contribution in [0, 0.1) is 5.82 Å². The Morgan fingerprint density at radius 2 is 1.85 bits per heavy atom. The Hall–Kier alpha value is -4.04. The third kappa shape index (κ3) is 4.46. The molecule has 204 valence electrons. The molecule has 2 aromatic heterocycles. The van der Waals surface area contributed by atoms with Crippen LogP contribution in [0.25, 0.3) is 28.0 Å². The van der Waals surface area contributed by atoms with Crippen LogP contribution in [-0.4, -0.2) is 51.0 Å². The molecule has 1 saturated heterocycles. The first-order valence-corrected chi connectivity index (χ1v) is 13.9. The zero-order chi connectivity index (χ0) is 28.0. The minimum Gasteiger partial charge on any atom is -0.350 e. The average Bonchev–Trinajstić information content (AvgIpc) is 2.92. The molecule has 7 nitrogen and oxygen atoms in total. The summed E-state index contributed by atoms with van der Waals surface area (Å²) >= 11 is 6.77. The van der Waals surface area contributed by atoms with Gasteiger partial charge in [0.2, 0.25) is 5.91 Å². The number of carbonyl (C=O) groups excluding carboxylic acids is 1. The number of rotatable bonds is 5. The van der Waals surface area contributed by atoms with Crippen molar-refractivity contribution in [2.45, 2.75) is 38.1 Å². The zero-order valence-corrected chi connectivity index (χ0v) is 22.9. The molecule has 1 atom stereocenters. The molecule has 1 aliphatic heterocycles. The minimum absolute atomic E-state index is 0.129. The van der Waals surface area contributed by atoms with E-state index in [1.54, 1.807) is 29.2 Å². The lowest BCUT2D eigenvalue weighted by atomic mass is 9.79. The van der Waals surface area contributed by atoms with Gasteiger partial charge in [0.1, 0.15) is 11.6 Å². The van der Waals surface area contributed by atoms with Crippen LogP contribution >= 0.6 is 11.6 Å². The van der Waals surface area contributed by atoms with Crippen LogP contribution in [-0.2, 0) is 4.79 Å². The minimum atomic E-state index is -0.472. The number of amides is 1. The number of aromatic nitrogens is 3. The van der Waals surface area contributed by atoms with Crippen LogP contribution < -0.4 is 10.6 Å². The predicted octanol–water partition coefficient (Wildman–Crippen LogP) is 5.73. The topological polar surface area (TPSA) is 71.3 Å². The molecule has 4 aromatic rings. The van der Waals surface area contributed by atoms with Gasteiger partial charge in [-0.1, -0.05) is 54.9 Å². The first kappa shape index (κ1) is 26.2. The lowest BCUT2D eigenvalue weighted by molar-refractivity contribution is -0.126. The van der Waals surface area contributed by atoms with E-state index in [1.807, 2.05) is 30.0 Å². The maximum Gasteiger partial charge on any atom is 0.355 e. The van der Waals surface area contributed by atoms with Crippen molar-refractivity contribution in [3.63, 3.8) is 0 Å². The maximum absolute atomic E-state index is 14.9. The van der Waals surface area contributed by atoms with Crippen molar-refractivity contribution in [1.82, 2.24) is 19.4 Å². The Kier molecular flexibility index (Phi) is 6.88. The summed E-state index contributed by atoms with van der Waals surface area (Å²) in [4.78, 5) is 39.3. The summed E-state index contributed by atoms with van der Waals surface area (Å²) in [7, 11) is 0. The monoisotopic (exact) mass is 557 g/mol. The second kappa shape index (κ2) is 10.5. The number of halogens is 2. The van der Waals surface area contributed by atoms with E-state index in [0.717, 1.165) is 30.5 Å². The van der Waals surface area contributed by atoms with Gasteiger partial charge in [0.05, 0.1) is 21.8 Å². The number of piperazine rings is 1. The van der Waals surface area contributed by atoms with Gasteiger partial charge in [0, 0.05) is 31.2 Å². The third-order valence-electron chi connectivity index (χ3n) is 8.04. The first-order chi connectivity index (χ1) is 19.4. The third-order valence-corrected chi connectivity index (χ3v) is 8.33. The highest BCUT2D eigenvalue weighted by molar-refractivity contribution is 6.33. The maximum atomic E-state index is 14.9. The van der Waals surface area contributed by atoms with Crippen LogP contribution in [0.4, 0.5) is 10.2 Å². The van der Waals surface area contributed by atoms with Crippen molar-refractivity contribution < 1.29 is 9.18 Å². The van der Waals surface area contributed by atoms with Crippen LogP contribution in [0.15, 0.2) is 72.0 Å². The van der Waals surface area contributed by atoms with Gasteiger partial charge in [-0.2, -0.15) is 4.98 Å². The Labute approximate surface area is 236 Å². The van der Waals surface area contributed by atoms with Crippen molar-refractivity contribution >= 4 is 34.4 Å². The molecule has 3 heterocycles. The van der Waals surface area contributed by atoms with Gasteiger partial charge in [-0.25, -0.2) is 18.7 Å². The van der Waals surface area contributed by atoms with Gasteiger partial charge in [0.15, 0.2) is 5.65 Å². The normalized spacial score (nSPS) is 17.6. The molecule has 0 spiro atoms. The summed E-state index contributed by atoms with van der Waals surface area (Å²) < 4.78 is 16.4. The Morgan fingerprint density at radius 3 is 2.55 bits per heavy atom.